The fraction of sp³-hybridized carbons (Fsp3) is 0.250. The number of nitrogens with zero attached hydrogens (tertiary/aromatic N) is 2. The molecule has 0 amide bonds. The molecule has 2 heterocycles. The molecular formula is C8H7N2. The van der Waals surface area contributed by atoms with E-state index in [1.54, 1.807) is 0 Å². The van der Waals surface area contributed by atoms with E-state index >= 15 is 0 Å². The van der Waals surface area contributed by atoms with Crippen LogP contribution in [0.3, 0.4) is 0 Å². The molecule has 0 aromatic carbocycles. The first-order valence-electron chi connectivity index (χ1n) is 3.31. The molecule has 2 rings (SSSR count). The Bertz CT molecular complexity index is 256. The summed E-state index contributed by atoms with van der Waals surface area (Å²) in [5.74, 6) is 0. The maximum absolute atomic E-state index is 4.20. The minimum absolute atomic E-state index is 0.753. The normalized spacial score (nSPS) is 21.6. The molecule has 49 valence electrons. The number of allylic oxidation sites excluding steroid dienone is 2. The number of fused-ring (bicyclic) bond motifs is 1. The van der Waals surface area contributed by atoms with Crippen LogP contribution in [-0.4, -0.2) is 19.0 Å². The predicted molar refractivity (Wildman–Crippen MR) is 41.6 cm³/mol. The zero-order valence-electron chi connectivity index (χ0n) is 5.54. The molecule has 0 atom stereocenters. The first-order valence-corrected chi connectivity index (χ1v) is 3.31. The molecule has 0 fully saturated rings. The van der Waals surface area contributed by atoms with Crippen molar-refractivity contribution in [2.45, 2.75) is 6.42 Å². The lowest BCUT2D eigenvalue weighted by Gasteiger charge is -2.10. The minimum atomic E-state index is 0.753. The van der Waals surface area contributed by atoms with Crippen LogP contribution in [0, 0.1) is 0 Å². The highest BCUT2D eigenvalue weighted by atomic mass is 14.8. The van der Waals surface area contributed by atoms with Crippen molar-refractivity contribution in [2.24, 2.45) is 9.98 Å². The fourth-order valence-corrected chi connectivity index (χ4v) is 1.05. The molecule has 10 heavy (non-hydrogen) atoms. The number of dihydropyridines is 2. The molecule has 2 heteroatoms. The van der Waals surface area contributed by atoms with Crippen molar-refractivity contribution < 1.29 is 0 Å². The van der Waals surface area contributed by atoms with Crippen molar-refractivity contribution in [3.8, 4) is 0 Å². The smallest absolute Gasteiger partial charge is 0.0852 e. The summed E-state index contributed by atoms with van der Waals surface area (Å²) in [6.07, 6.45) is 9.62. The molecule has 0 aliphatic carbocycles. The van der Waals surface area contributed by atoms with E-state index in [0.29, 0.717) is 0 Å². The molecule has 0 saturated heterocycles. The average molecular weight is 131 g/mol. The van der Waals surface area contributed by atoms with Crippen LogP contribution < -0.4 is 0 Å². The first-order chi connectivity index (χ1) is 4.97. The van der Waals surface area contributed by atoms with Gasteiger partial charge in [0.25, 0.3) is 0 Å². The van der Waals surface area contributed by atoms with Gasteiger partial charge in [-0.25, -0.2) is 0 Å². The van der Waals surface area contributed by atoms with Crippen molar-refractivity contribution in [2.75, 3.05) is 6.54 Å². The molecule has 0 unspecified atom stereocenters. The summed E-state index contributed by atoms with van der Waals surface area (Å²) < 4.78 is 0. The van der Waals surface area contributed by atoms with Crippen molar-refractivity contribution >= 4 is 12.4 Å². The van der Waals surface area contributed by atoms with E-state index in [4.69, 9.17) is 0 Å². The molecule has 0 spiro atoms. The van der Waals surface area contributed by atoms with Crippen LogP contribution in [0.2, 0.25) is 0 Å². The van der Waals surface area contributed by atoms with Crippen LogP contribution >= 0.6 is 0 Å². The van der Waals surface area contributed by atoms with Gasteiger partial charge in [0.15, 0.2) is 0 Å². The Morgan fingerprint density at radius 3 is 3.40 bits per heavy atom. The highest BCUT2D eigenvalue weighted by Gasteiger charge is 2.07. The van der Waals surface area contributed by atoms with Crippen LogP contribution in [0.25, 0.3) is 0 Å². The second kappa shape index (κ2) is 2.21. The molecule has 0 N–H and O–H groups in total. The predicted octanol–water partition coefficient (Wildman–Crippen LogP) is 1.23. The van der Waals surface area contributed by atoms with Gasteiger partial charge in [0, 0.05) is 12.6 Å². The van der Waals surface area contributed by atoms with Crippen LogP contribution in [0.4, 0.5) is 0 Å². The van der Waals surface area contributed by atoms with Gasteiger partial charge in [-0.2, -0.15) is 0 Å². The quantitative estimate of drug-likeness (QED) is 0.472. The lowest BCUT2D eigenvalue weighted by atomic mass is 10.1. The third-order valence-corrected chi connectivity index (χ3v) is 1.57. The molecule has 2 nitrogen and oxygen atoms in total. The second-order valence-corrected chi connectivity index (χ2v) is 2.25. The van der Waals surface area contributed by atoms with Gasteiger partial charge < -0.3 is 0 Å². The molecule has 1 radical (unpaired) electrons. The van der Waals surface area contributed by atoms with Crippen molar-refractivity contribution in [3.63, 3.8) is 0 Å². The summed E-state index contributed by atoms with van der Waals surface area (Å²) in [7, 11) is 0. The van der Waals surface area contributed by atoms with Crippen LogP contribution in [0.5, 0.6) is 0 Å². The van der Waals surface area contributed by atoms with Gasteiger partial charge in [0.2, 0.25) is 0 Å². The van der Waals surface area contributed by atoms with E-state index in [1.165, 1.54) is 5.57 Å². The van der Waals surface area contributed by atoms with Crippen LogP contribution in [0.15, 0.2) is 33.4 Å². The topological polar surface area (TPSA) is 24.7 Å². The number of hydrogen-bond donors (Lipinski definition) is 0. The minimum Gasteiger partial charge on any atom is -0.278 e. The van der Waals surface area contributed by atoms with E-state index < -0.39 is 0 Å². The lowest BCUT2D eigenvalue weighted by molar-refractivity contribution is 1.08. The summed E-state index contributed by atoms with van der Waals surface area (Å²) >= 11 is 0. The number of rotatable bonds is 0. The Balaban J connectivity index is 2.39. The summed E-state index contributed by atoms with van der Waals surface area (Å²) in [4.78, 5) is 8.19. The highest BCUT2D eigenvalue weighted by molar-refractivity contribution is 5.78. The Labute approximate surface area is 59.7 Å². The zero-order chi connectivity index (χ0) is 6.81. The molecule has 0 bridgehead atoms. The maximum Gasteiger partial charge on any atom is 0.0852 e. The van der Waals surface area contributed by atoms with Gasteiger partial charge in [-0.05, 0) is 11.6 Å². The Morgan fingerprint density at radius 1 is 1.50 bits per heavy atom. The SMILES string of the molecule is [C]1=NCC2=CCC=NC2=C1. The van der Waals surface area contributed by atoms with E-state index in [2.05, 4.69) is 22.3 Å². The van der Waals surface area contributed by atoms with Gasteiger partial charge in [-0.3, -0.25) is 9.98 Å². The summed E-state index contributed by atoms with van der Waals surface area (Å²) in [6, 6.07) is 0. The Kier molecular flexibility index (Phi) is 1.24. The van der Waals surface area contributed by atoms with Gasteiger partial charge in [0.1, 0.15) is 0 Å². The average Bonchev–Trinajstić information content (AvgIpc) is 2.05. The van der Waals surface area contributed by atoms with Crippen molar-refractivity contribution in [1.82, 2.24) is 0 Å². The Hall–Kier alpha value is -1.18. The van der Waals surface area contributed by atoms with Crippen LogP contribution in [-0.2, 0) is 0 Å². The fourth-order valence-electron chi connectivity index (χ4n) is 1.05. The molecule has 2 aliphatic heterocycles. The zero-order valence-corrected chi connectivity index (χ0v) is 5.54. The third kappa shape index (κ3) is 0.817. The lowest BCUT2D eigenvalue weighted by Crippen LogP contribution is -2.01. The van der Waals surface area contributed by atoms with Crippen molar-refractivity contribution in [3.05, 3.63) is 23.4 Å². The second-order valence-electron chi connectivity index (χ2n) is 2.25. The summed E-state index contributed by atoms with van der Waals surface area (Å²) in [5, 5.41) is 0. The van der Waals surface area contributed by atoms with E-state index in [-0.39, 0.29) is 0 Å². The summed E-state index contributed by atoms with van der Waals surface area (Å²) in [6.45, 7) is 0.753. The van der Waals surface area contributed by atoms with Crippen molar-refractivity contribution in [1.29, 1.82) is 0 Å². The number of aliphatic imine (C=N–C) groups is 2. The van der Waals surface area contributed by atoms with Crippen LogP contribution in [0.1, 0.15) is 6.42 Å². The first kappa shape index (κ1) is 5.59. The van der Waals surface area contributed by atoms with Gasteiger partial charge in [-0.1, -0.05) is 6.08 Å². The standard InChI is InChI=1S/C8H7N2/c1-2-7-6-9-5-3-8(7)10-4-1/h2-4H,1,6H2. The van der Waals surface area contributed by atoms with Gasteiger partial charge >= 0.3 is 0 Å². The maximum atomic E-state index is 4.20. The monoisotopic (exact) mass is 131 g/mol. The van der Waals surface area contributed by atoms with E-state index in [9.17, 15) is 0 Å². The molecular weight excluding hydrogens is 124 g/mol. The van der Waals surface area contributed by atoms with E-state index in [0.717, 1.165) is 18.7 Å². The van der Waals surface area contributed by atoms with Gasteiger partial charge in [-0.15, -0.1) is 0 Å². The van der Waals surface area contributed by atoms with Gasteiger partial charge in [0.05, 0.1) is 18.5 Å². The molecule has 2 aliphatic rings. The highest BCUT2D eigenvalue weighted by Crippen LogP contribution is 2.17. The third-order valence-electron chi connectivity index (χ3n) is 1.57. The Morgan fingerprint density at radius 2 is 2.50 bits per heavy atom. The van der Waals surface area contributed by atoms with E-state index in [1.807, 2.05) is 12.3 Å². The largest absolute Gasteiger partial charge is 0.278 e. The number of hydrogen-bond acceptors (Lipinski definition) is 2. The summed E-state index contributed by atoms with van der Waals surface area (Å²) in [5.41, 5.74) is 2.27. The molecule has 0 saturated carbocycles. The molecule has 0 aromatic rings. The molecule has 0 aromatic heterocycles.